The second kappa shape index (κ2) is 8.09. The van der Waals surface area contributed by atoms with Crippen LogP contribution in [0.25, 0.3) is 17.2 Å². The van der Waals surface area contributed by atoms with Gasteiger partial charge in [0.05, 0.1) is 0 Å². The standard InChI is InChI=1S/C24H22N2O2/c1-17-15-18(12-14-25-17)7-6-13-26-24(27)28-16-23-21-10-4-2-8-19(21)20-9-3-5-11-22(20)23/h2-12,14-15,23H,13,16H2,1H3,(H,26,27). The number of alkyl carbamates (subject to hydrolysis) is 1. The molecule has 4 heteroatoms. The first kappa shape index (κ1) is 18.0. The summed E-state index contributed by atoms with van der Waals surface area (Å²) in [6.45, 7) is 2.69. The van der Waals surface area contributed by atoms with Gasteiger partial charge in [0.15, 0.2) is 0 Å². The number of rotatable bonds is 5. The number of hydrogen-bond donors (Lipinski definition) is 1. The molecule has 1 amide bonds. The van der Waals surface area contributed by atoms with E-state index in [0.717, 1.165) is 11.3 Å². The predicted molar refractivity (Wildman–Crippen MR) is 111 cm³/mol. The molecule has 1 aliphatic rings. The van der Waals surface area contributed by atoms with Crippen LogP contribution in [0.15, 0.2) is 72.9 Å². The summed E-state index contributed by atoms with van der Waals surface area (Å²) in [4.78, 5) is 16.3. The van der Waals surface area contributed by atoms with Gasteiger partial charge in [0.2, 0.25) is 0 Å². The van der Waals surface area contributed by atoms with Crippen LogP contribution in [0.3, 0.4) is 0 Å². The van der Waals surface area contributed by atoms with Crippen LogP contribution in [0.2, 0.25) is 0 Å². The second-order valence-corrected chi connectivity index (χ2v) is 6.84. The fraction of sp³-hybridized carbons (Fsp3) is 0.167. The Morgan fingerprint density at radius 2 is 1.75 bits per heavy atom. The Morgan fingerprint density at radius 1 is 1.07 bits per heavy atom. The molecule has 0 saturated heterocycles. The molecule has 0 bridgehead atoms. The Hall–Kier alpha value is -3.40. The molecule has 1 aliphatic carbocycles. The Bertz CT molecular complexity index is 981. The average Bonchev–Trinajstić information content (AvgIpc) is 3.04. The van der Waals surface area contributed by atoms with Crippen molar-refractivity contribution in [2.45, 2.75) is 12.8 Å². The van der Waals surface area contributed by atoms with Crippen LogP contribution in [0.4, 0.5) is 4.79 Å². The van der Waals surface area contributed by atoms with Crippen LogP contribution >= 0.6 is 0 Å². The van der Waals surface area contributed by atoms with Gasteiger partial charge in [-0.25, -0.2) is 4.79 Å². The summed E-state index contributed by atoms with van der Waals surface area (Å²) in [6, 6.07) is 20.5. The lowest BCUT2D eigenvalue weighted by Crippen LogP contribution is -2.26. The lowest BCUT2D eigenvalue weighted by atomic mass is 9.98. The summed E-state index contributed by atoms with van der Waals surface area (Å²) >= 11 is 0. The molecule has 1 heterocycles. The molecule has 0 fully saturated rings. The number of ether oxygens (including phenoxy) is 1. The fourth-order valence-corrected chi connectivity index (χ4v) is 3.66. The van der Waals surface area contributed by atoms with Crippen LogP contribution in [-0.2, 0) is 4.74 Å². The summed E-state index contributed by atoms with van der Waals surface area (Å²) in [5.74, 6) is 0.0773. The maximum absolute atomic E-state index is 12.1. The highest BCUT2D eigenvalue weighted by atomic mass is 16.5. The van der Waals surface area contributed by atoms with Crippen molar-refractivity contribution < 1.29 is 9.53 Å². The number of fused-ring (bicyclic) bond motifs is 3. The van der Waals surface area contributed by atoms with E-state index in [1.54, 1.807) is 6.20 Å². The van der Waals surface area contributed by atoms with Crippen molar-refractivity contribution in [1.82, 2.24) is 10.3 Å². The number of nitrogens with zero attached hydrogens (tertiary/aromatic N) is 1. The third-order valence-corrected chi connectivity index (χ3v) is 4.94. The highest BCUT2D eigenvalue weighted by Gasteiger charge is 2.28. The molecule has 2 aromatic carbocycles. The summed E-state index contributed by atoms with van der Waals surface area (Å²) in [5, 5.41) is 2.78. The summed E-state index contributed by atoms with van der Waals surface area (Å²) < 4.78 is 5.52. The smallest absolute Gasteiger partial charge is 0.407 e. The van der Waals surface area contributed by atoms with Gasteiger partial charge in [-0.2, -0.15) is 0 Å². The van der Waals surface area contributed by atoms with E-state index in [1.165, 1.54) is 22.3 Å². The first-order chi connectivity index (χ1) is 13.7. The van der Waals surface area contributed by atoms with Gasteiger partial charge < -0.3 is 10.1 Å². The van der Waals surface area contributed by atoms with Gasteiger partial charge >= 0.3 is 6.09 Å². The number of hydrogen-bond acceptors (Lipinski definition) is 3. The normalized spacial score (nSPS) is 12.6. The summed E-state index contributed by atoms with van der Waals surface area (Å²) in [5.41, 5.74) is 6.90. The molecule has 4 nitrogen and oxygen atoms in total. The van der Waals surface area contributed by atoms with Gasteiger partial charge in [-0.05, 0) is 46.9 Å². The minimum absolute atomic E-state index is 0.0773. The van der Waals surface area contributed by atoms with Crippen molar-refractivity contribution in [3.63, 3.8) is 0 Å². The molecule has 0 atom stereocenters. The molecule has 1 aromatic heterocycles. The molecule has 0 spiro atoms. The quantitative estimate of drug-likeness (QED) is 0.692. The van der Waals surface area contributed by atoms with Crippen molar-refractivity contribution >= 4 is 12.2 Å². The van der Waals surface area contributed by atoms with Crippen LogP contribution in [0.1, 0.15) is 28.3 Å². The zero-order chi connectivity index (χ0) is 19.3. The van der Waals surface area contributed by atoms with Gasteiger partial charge in [0.1, 0.15) is 6.61 Å². The van der Waals surface area contributed by atoms with E-state index < -0.39 is 6.09 Å². The zero-order valence-corrected chi connectivity index (χ0v) is 15.8. The van der Waals surface area contributed by atoms with Crippen molar-refractivity contribution in [2.75, 3.05) is 13.2 Å². The molecule has 140 valence electrons. The Morgan fingerprint density at radius 3 is 2.43 bits per heavy atom. The van der Waals surface area contributed by atoms with Gasteiger partial charge in [-0.15, -0.1) is 0 Å². The Balaban J connectivity index is 1.34. The first-order valence-corrected chi connectivity index (χ1v) is 9.40. The van der Waals surface area contributed by atoms with E-state index in [-0.39, 0.29) is 5.92 Å². The minimum Gasteiger partial charge on any atom is -0.449 e. The SMILES string of the molecule is Cc1cc(C=CCNC(=O)OCC2c3ccccc3-c3ccccc32)ccn1. The molecule has 28 heavy (non-hydrogen) atoms. The number of amides is 1. The van der Waals surface area contributed by atoms with E-state index in [1.807, 2.05) is 55.5 Å². The number of carbonyl (C=O) groups is 1. The zero-order valence-electron chi connectivity index (χ0n) is 15.8. The monoisotopic (exact) mass is 370 g/mol. The number of aryl methyl sites for hydroxylation is 1. The van der Waals surface area contributed by atoms with E-state index >= 15 is 0 Å². The lowest BCUT2D eigenvalue weighted by molar-refractivity contribution is 0.144. The second-order valence-electron chi connectivity index (χ2n) is 6.84. The molecule has 0 aliphatic heterocycles. The third-order valence-electron chi connectivity index (χ3n) is 4.94. The van der Waals surface area contributed by atoms with Gasteiger partial charge in [-0.1, -0.05) is 60.7 Å². The fourth-order valence-electron chi connectivity index (χ4n) is 3.66. The highest BCUT2D eigenvalue weighted by Crippen LogP contribution is 2.44. The maximum atomic E-state index is 12.1. The third kappa shape index (κ3) is 3.81. The van der Waals surface area contributed by atoms with E-state index in [4.69, 9.17) is 4.74 Å². The molecular weight excluding hydrogens is 348 g/mol. The molecule has 0 saturated carbocycles. The topological polar surface area (TPSA) is 51.2 Å². The van der Waals surface area contributed by atoms with Crippen LogP contribution < -0.4 is 5.32 Å². The first-order valence-electron chi connectivity index (χ1n) is 9.40. The van der Waals surface area contributed by atoms with Crippen molar-refractivity contribution in [3.05, 3.63) is 95.3 Å². The van der Waals surface area contributed by atoms with Crippen LogP contribution in [-0.4, -0.2) is 24.2 Å². The largest absolute Gasteiger partial charge is 0.449 e. The number of benzene rings is 2. The molecule has 3 aromatic rings. The summed E-state index contributed by atoms with van der Waals surface area (Å²) in [6.07, 6.45) is 5.22. The van der Waals surface area contributed by atoms with E-state index in [9.17, 15) is 4.79 Å². The van der Waals surface area contributed by atoms with Crippen LogP contribution in [0, 0.1) is 6.92 Å². The number of carbonyl (C=O) groups excluding carboxylic acids is 1. The van der Waals surface area contributed by atoms with Crippen molar-refractivity contribution in [2.24, 2.45) is 0 Å². The molecule has 0 radical (unpaired) electrons. The summed E-state index contributed by atoms with van der Waals surface area (Å²) in [7, 11) is 0. The molecular formula is C24H22N2O2. The Labute approximate surface area is 164 Å². The number of nitrogens with one attached hydrogen (secondary N) is 1. The van der Waals surface area contributed by atoms with Crippen LogP contribution in [0.5, 0.6) is 0 Å². The predicted octanol–water partition coefficient (Wildman–Crippen LogP) is 4.94. The van der Waals surface area contributed by atoms with Gasteiger partial charge in [0, 0.05) is 24.4 Å². The van der Waals surface area contributed by atoms with Crippen molar-refractivity contribution in [1.29, 1.82) is 0 Å². The number of pyridine rings is 1. The molecule has 1 N–H and O–H groups in total. The van der Waals surface area contributed by atoms with Crippen molar-refractivity contribution in [3.8, 4) is 11.1 Å². The number of aromatic nitrogens is 1. The van der Waals surface area contributed by atoms with E-state index in [2.05, 4.69) is 34.6 Å². The minimum atomic E-state index is -0.405. The molecule has 4 rings (SSSR count). The van der Waals surface area contributed by atoms with E-state index in [0.29, 0.717) is 13.2 Å². The Kier molecular flexibility index (Phi) is 5.20. The van der Waals surface area contributed by atoms with Gasteiger partial charge in [0.25, 0.3) is 0 Å². The van der Waals surface area contributed by atoms with Gasteiger partial charge in [-0.3, -0.25) is 4.98 Å². The highest BCUT2D eigenvalue weighted by molar-refractivity contribution is 5.79. The lowest BCUT2D eigenvalue weighted by Gasteiger charge is -2.14. The maximum Gasteiger partial charge on any atom is 0.407 e. The average molecular weight is 370 g/mol. The molecule has 0 unspecified atom stereocenters.